The second-order valence-electron chi connectivity index (χ2n) is 5.60. The van der Waals surface area contributed by atoms with Gasteiger partial charge in [0.1, 0.15) is 0 Å². The highest BCUT2D eigenvalue weighted by molar-refractivity contribution is 8.00. The van der Waals surface area contributed by atoms with Crippen molar-refractivity contribution in [1.29, 1.82) is 0 Å². The third kappa shape index (κ3) is 2.90. The van der Waals surface area contributed by atoms with Crippen molar-refractivity contribution in [3.05, 3.63) is 35.9 Å². The SMILES string of the molecule is CC1CC(NC2CSC2)CN1Cc1ccccc1. The molecule has 18 heavy (non-hydrogen) atoms. The zero-order valence-electron chi connectivity index (χ0n) is 11.0. The van der Waals surface area contributed by atoms with Crippen LogP contribution in [0.4, 0.5) is 0 Å². The van der Waals surface area contributed by atoms with Crippen LogP contribution in [-0.4, -0.2) is 41.1 Å². The number of rotatable bonds is 4. The topological polar surface area (TPSA) is 15.3 Å². The van der Waals surface area contributed by atoms with Gasteiger partial charge in [0.2, 0.25) is 0 Å². The summed E-state index contributed by atoms with van der Waals surface area (Å²) in [5.41, 5.74) is 1.43. The minimum absolute atomic E-state index is 0.703. The van der Waals surface area contributed by atoms with Gasteiger partial charge in [-0.15, -0.1) is 0 Å². The van der Waals surface area contributed by atoms with E-state index in [1.807, 2.05) is 0 Å². The molecule has 0 aliphatic carbocycles. The lowest BCUT2D eigenvalue weighted by atomic mass is 10.1. The van der Waals surface area contributed by atoms with Gasteiger partial charge in [-0.1, -0.05) is 30.3 Å². The summed E-state index contributed by atoms with van der Waals surface area (Å²) in [4.78, 5) is 2.61. The van der Waals surface area contributed by atoms with Crippen LogP contribution in [0, 0.1) is 0 Å². The average Bonchev–Trinajstić information content (AvgIpc) is 2.66. The highest BCUT2D eigenvalue weighted by atomic mass is 32.2. The molecule has 0 saturated carbocycles. The van der Waals surface area contributed by atoms with E-state index in [0.717, 1.165) is 12.6 Å². The van der Waals surface area contributed by atoms with Crippen molar-refractivity contribution in [2.75, 3.05) is 18.1 Å². The second-order valence-corrected chi connectivity index (χ2v) is 6.67. The van der Waals surface area contributed by atoms with E-state index in [-0.39, 0.29) is 0 Å². The third-order valence-electron chi connectivity index (χ3n) is 4.04. The predicted octanol–water partition coefficient (Wildman–Crippen LogP) is 2.35. The van der Waals surface area contributed by atoms with Crippen LogP contribution in [0.5, 0.6) is 0 Å². The monoisotopic (exact) mass is 262 g/mol. The number of benzene rings is 1. The molecule has 1 aromatic rings. The fourth-order valence-electron chi connectivity index (χ4n) is 2.92. The van der Waals surface area contributed by atoms with Gasteiger partial charge in [-0.3, -0.25) is 4.90 Å². The Bertz CT molecular complexity index is 377. The van der Waals surface area contributed by atoms with Gasteiger partial charge in [-0.05, 0) is 18.9 Å². The first-order valence-corrected chi connectivity index (χ1v) is 8.08. The maximum Gasteiger partial charge on any atom is 0.0251 e. The highest BCUT2D eigenvalue weighted by Crippen LogP contribution is 2.23. The van der Waals surface area contributed by atoms with Crippen LogP contribution in [0.15, 0.2) is 30.3 Å². The summed E-state index contributed by atoms with van der Waals surface area (Å²) >= 11 is 2.06. The Hall–Kier alpha value is -0.510. The number of nitrogens with zero attached hydrogens (tertiary/aromatic N) is 1. The predicted molar refractivity (Wildman–Crippen MR) is 79.0 cm³/mol. The van der Waals surface area contributed by atoms with E-state index in [1.165, 1.54) is 30.0 Å². The molecule has 2 heterocycles. The van der Waals surface area contributed by atoms with Crippen LogP contribution in [0.25, 0.3) is 0 Å². The molecule has 2 saturated heterocycles. The summed E-state index contributed by atoms with van der Waals surface area (Å²) in [6, 6.07) is 13.0. The van der Waals surface area contributed by atoms with Crippen molar-refractivity contribution in [2.24, 2.45) is 0 Å². The second kappa shape index (κ2) is 5.64. The van der Waals surface area contributed by atoms with Crippen LogP contribution in [0.2, 0.25) is 0 Å². The van der Waals surface area contributed by atoms with Crippen molar-refractivity contribution in [3.63, 3.8) is 0 Å². The van der Waals surface area contributed by atoms with Crippen LogP contribution in [0.3, 0.4) is 0 Å². The Morgan fingerprint density at radius 3 is 2.67 bits per heavy atom. The molecule has 2 atom stereocenters. The summed E-state index contributed by atoms with van der Waals surface area (Å²) in [7, 11) is 0. The molecular formula is C15H22N2S. The molecule has 0 amide bonds. The van der Waals surface area contributed by atoms with Gasteiger partial charge in [-0.2, -0.15) is 11.8 Å². The van der Waals surface area contributed by atoms with Crippen LogP contribution >= 0.6 is 11.8 Å². The molecular weight excluding hydrogens is 240 g/mol. The van der Waals surface area contributed by atoms with Gasteiger partial charge in [0.15, 0.2) is 0 Å². The molecule has 0 radical (unpaired) electrons. The van der Waals surface area contributed by atoms with Crippen LogP contribution < -0.4 is 5.32 Å². The Balaban J connectivity index is 1.53. The van der Waals surface area contributed by atoms with Crippen LogP contribution in [-0.2, 0) is 6.54 Å². The zero-order chi connectivity index (χ0) is 12.4. The van der Waals surface area contributed by atoms with Gasteiger partial charge < -0.3 is 5.32 Å². The Labute approximate surface area is 114 Å². The van der Waals surface area contributed by atoms with E-state index >= 15 is 0 Å². The maximum absolute atomic E-state index is 3.80. The smallest absolute Gasteiger partial charge is 0.0251 e. The number of nitrogens with one attached hydrogen (secondary N) is 1. The summed E-state index contributed by atoms with van der Waals surface area (Å²) in [6.07, 6.45) is 1.30. The fourth-order valence-corrected chi connectivity index (χ4v) is 3.59. The molecule has 1 aromatic carbocycles. The average molecular weight is 262 g/mol. The lowest BCUT2D eigenvalue weighted by molar-refractivity contribution is 0.256. The molecule has 1 N–H and O–H groups in total. The molecule has 98 valence electrons. The van der Waals surface area contributed by atoms with E-state index in [2.05, 4.69) is 59.2 Å². The van der Waals surface area contributed by atoms with Crippen molar-refractivity contribution in [1.82, 2.24) is 10.2 Å². The largest absolute Gasteiger partial charge is 0.308 e. The summed E-state index contributed by atoms with van der Waals surface area (Å²) in [5, 5.41) is 3.80. The summed E-state index contributed by atoms with van der Waals surface area (Å²) in [5.74, 6) is 2.62. The lowest BCUT2D eigenvalue weighted by Crippen LogP contribution is -2.47. The molecule has 0 aromatic heterocycles. The van der Waals surface area contributed by atoms with E-state index in [1.54, 1.807) is 0 Å². The summed E-state index contributed by atoms with van der Waals surface area (Å²) in [6.45, 7) is 4.66. The Morgan fingerprint density at radius 1 is 1.22 bits per heavy atom. The molecule has 2 fully saturated rings. The molecule has 2 aliphatic rings. The van der Waals surface area contributed by atoms with E-state index in [9.17, 15) is 0 Å². The van der Waals surface area contributed by atoms with Crippen molar-refractivity contribution in [2.45, 2.75) is 38.0 Å². The quantitative estimate of drug-likeness (QED) is 0.897. The van der Waals surface area contributed by atoms with Crippen molar-refractivity contribution in [3.8, 4) is 0 Å². The minimum atomic E-state index is 0.703. The summed E-state index contributed by atoms with van der Waals surface area (Å²) < 4.78 is 0. The Kier molecular flexibility index (Phi) is 3.92. The molecule has 2 unspecified atom stereocenters. The van der Waals surface area contributed by atoms with E-state index in [0.29, 0.717) is 12.1 Å². The first kappa shape index (κ1) is 12.5. The normalized spacial score (nSPS) is 29.4. The highest BCUT2D eigenvalue weighted by Gasteiger charge is 2.31. The van der Waals surface area contributed by atoms with Gasteiger partial charge in [0.25, 0.3) is 0 Å². The number of thioether (sulfide) groups is 1. The number of hydrogen-bond acceptors (Lipinski definition) is 3. The van der Waals surface area contributed by atoms with Crippen molar-refractivity contribution < 1.29 is 0 Å². The number of hydrogen-bond donors (Lipinski definition) is 1. The number of likely N-dealkylation sites (tertiary alicyclic amines) is 1. The van der Waals surface area contributed by atoms with Crippen LogP contribution in [0.1, 0.15) is 18.9 Å². The van der Waals surface area contributed by atoms with Gasteiger partial charge in [0, 0.05) is 42.7 Å². The zero-order valence-corrected chi connectivity index (χ0v) is 11.8. The molecule has 2 aliphatic heterocycles. The minimum Gasteiger partial charge on any atom is -0.308 e. The van der Waals surface area contributed by atoms with E-state index in [4.69, 9.17) is 0 Å². The molecule has 2 nitrogen and oxygen atoms in total. The van der Waals surface area contributed by atoms with Gasteiger partial charge in [0.05, 0.1) is 0 Å². The molecule has 3 rings (SSSR count). The molecule has 0 bridgehead atoms. The van der Waals surface area contributed by atoms with Gasteiger partial charge in [-0.25, -0.2) is 0 Å². The van der Waals surface area contributed by atoms with E-state index < -0.39 is 0 Å². The maximum atomic E-state index is 3.80. The third-order valence-corrected chi connectivity index (χ3v) is 5.32. The standard InChI is InChI=1S/C15H22N2S/c1-12-7-14(16-15-10-18-11-15)9-17(12)8-13-5-3-2-4-6-13/h2-6,12,14-16H,7-11H2,1H3. The van der Waals surface area contributed by atoms with Gasteiger partial charge >= 0.3 is 0 Å². The van der Waals surface area contributed by atoms with Crippen molar-refractivity contribution >= 4 is 11.8 Å². The Morgan fingerprint density at radius 2 is 2.00 bits per heavy atom. The molecule has 3 heteroatoms. The molecule has 0 spiro atoms. The fraction of sp³-hybridized carbons (Fsp3) is 0.600. The first-order valence-electron chi connectivity index (χ1n) is 6.93. The first-order chi connectivity index (χ1) is 8.81. The lowest BCUT2D eigenvalue weighted by Gasteiger charge is -2.29.